The summed E-state index contributed by atoms with van der Waals surface area (Å²) in [7, 11) is 1.78. The number of likely N-dealkylation sites (N-methyl/N-ethyl adjacent to an activating group) is 1. The van der Waals surface area contributed by atoms with Crippen molar-refractivity contribution in [3.63, 3.8) is 0 Å². The predicted molar refractivity (Wildman–Crippen MR) is 75.5 cm³/mol. The summed E-state index contributed by atoms with van der Waals surface area (Å²) < 4.78 is 0. The van der Waals surface area contributed by atoms with Gasteiger partial charge in [-0.3, -0.25) is 9.59 Å². The number of hydrogen-bond donors (Lipinski definition) is 2. The third-order valence-corrected chi connectivity index (χ3v) is 3.84. The summed E-state index contributed by atoms with van der Waals surface area (Å²) in [4.78, 5) is 24.9. The van der Waals surface area contributed by atoms with Crippen LogP contribution in [0.4, 0.5) is 0 Å². The highest BCUT2D eigenvalue weighted by Gasteiger charge is 2.25. The van der Waals surface area contributed by atoms with Crippen molar-refractivity contribution in [2.45, 2.75) is 52.0 Å². The SMILES string of the molecule is CN1CC(NC(=O)CCC(C)(C)CCN)CCC1=O. The van der Waals surface area contributed by atoms with Crippen LogP contribution >= 0.6 is 0 Å². The van der Waals surface area contributed by atoms with Crippen LogP contribution in [0.15, 0.2) is 0 Å². The lowest BCUT2D eigenvalue weighted by Crippen LogP contribution is -2.48. The van der Waals surface area contributed by atoms with E-state index in [1.54, 1.807) is 11.9 Å². The Labute approximate surface area is 115 Å². The number of rotatable bonds is 6. The number of nitrogens with two attached hydrogens (primary N) is 1. The molecule has 1 rings (SSSR count). The van der Waals surface area contributed by atoms with Crippen LogP contribution in [0.25, 0.3) is 0 Å². The number of carbonyl (C=O) groups is 2. The maximum Gasteiger partial charge on any atom is 0.222 e. The van der Waals surface area contributed by atoms with E-state index in [0.717, 1.165) is 19.3 Å². The normalized spacial score (nSPS) is 20.5. The molecule has 0 aliphatic carbocycles. The predicted octanol–water partition coefficient (Wildman–Crippen LogP) is 0.879. The van der Waals surface area contributed by atoms with E-state index in [0.29, 0.717) is 25.9 Å². The molecule has 5 nitrogen and oxygen atoms in total. The minimum absolute atomic E-state index is 0.0813. The average molecular weight is 269 g/mol. The molecule has 0 saturated carbocycles. The molecule has 0 aromatic rings. The van der Waals surface area contributed by atoms with Crippen LogP contribution in [0.5, 0.6) is 0 Å². The van der Waals surface area contributed by atoms with Crippen molar-refractivity contribution in [3.05, 3.63) is 0 Å². The molecule has 1 heterocycles. The Morgan fingerprint density at radius 3 is 2.74 bits per heavy atom. The molecule has 3 N–H and O–H groups in total. The number of piperidine rings is 1. The second-order valence-electron chi connectivity index (χ2n) is 6.28. The summed E-state index contributed by atoms with van der Waals surface area (Å²) in [6.07, 6.45) is 3.58. The molecule has 1 fully saturated rings. The summed E-state index contributed by atoms with van der Waals surface area (Å²) in [5.74, 6) is 0.243. The Kier molecular flexibility index (Phi) is 5.79. The van der Waals surface area contributed by atoms with Crippen LogP contribution in [0.1, 0.15) is 46.0 Å². The van der Waals surface area contributed by atoms with E-state index in [4.69, 9.17) is 5.73 Å². The van der Waals surface area contributed by atoms with Gasteiger partial charge in [-0.2, -0.15) is 0 Å². The maximum atomic E-state index is 11.9. The summed E-state index contributed by atoms with van der Waals surface area (Å²) >= 11 is 0. The maximum absolute atomic E-state index is 11.9. The summed E-state index contributed by atoms with van der Waals surface area (Å²) in [5.41, 5.74) is 5.68. The van der Waals surface area contributed by atoms with E-state index in [9.17, 15) is 9.59 Å². The molecule has 110 valence electrons. The van der Waals surface area contributed by atoms with Gasteiger partial charge in [0, 0.05) is 32.5 Å². The molecule has 2 amide bonds. The highest BCUT2D eigenvalue weighted by molar-refractivity contribution is 5.78. The molecule has 0 aromatic heterocycles. The van der Waals surface area contributed by atoms with Crippen molar-refractivity contribution in [2.75, 3.05) is 20.1 Å². The largest absolute Gasteiger partial charge is 0.352 e. The molecule has 0 radical (unpaired) electrons. The van der Waals surface area contributed by atoms with Gasteiger partial charge >= 0.3 is 0 Å². The standard InChI is InChI=1S/C14H27N3O2/c1-14(2,8-9-15)7-6-12(18)16-11-4-5-13(19)17(3)10-11/h11H,4-10,15H2,1-3H3,(H,16,18). The number of nitrogens with one attached hydrogen (secondary N) is 1. The molecule has 1 aliphatic rings. The Hall–Kier alpha value is -1.10. The van der Waals surface area contributed by atoms with Crippen LogP contribution < -0.4 is 11.1 Å². The van der Waals surface area contributed by atoms with Crippen molar-refractivity contribution in [1.82, 2.24) is 10.2 Å². The molecular weight excluding hydrogens is 242 g/mol. The zero-order valence-electron chi connectivity index (χ0n) is 12.4. The highest BCUT2D eigenvalue weighted by atomic mass is 16.2. The van der Waals surface area contributed by atoms with Crippen LogP contribution in [-0.4, -0.2) is 42.9 Å². The topological polar surface area (TPSA) is 75.4 Å². The first-order valence-corrected chi connectivity index (χ1v) is 7.07. The molecule has 1 saturated heterocycles. The molecule has 1 aliphatic heterocycles. The number of hydrogen-bond acceptors (Lipinski definition) is 3. The molecular formula is C14H27N3O2. The van der Waals surface area contributed by atoms with Crippen molar-refractivity contribution in [1.29, 1.82) is 0 Å². The van der Waals surface area contributed by atoms with Gasteiger partial charge in [-0.15, -0.1) is 0 Å². The Morgan fingerprint density at radius 1 is 1.47 bits per heavy atom. The summed E-state index contributed by atoms with van der Waals surface area (Å²) in [6, 6.07) is 0.104. The van der Waals surface area contributed by atoms with Crippen LogP contribution in [0.3, 0.4) is 0 Å². The summed E-state index contributed by atoms with van der Waals surface area (Å²) in [5, 5.41) is 3.02. The van der Waals surface area contributed by atoms with Crippen molar-refractivity contribution in [3.8, 4) is 0 Å². The van der Waals surface area contributed by atoms with E-state index in [-0.39, 0.29) is 23.3 Å². The van der Waals surface area contributed by atoms with Gasteiger partial charge in [0.15, 0.2) is 0 Å². The first-order valence-electron chi connectivity index (χ1n) is 7.07. The smallest absolute Gasteiger partial charge is 0.222 e. The number of carbonyl (C=O) groups excluding carboxylic acids is 2. The van der Waals surface area contributed by atoms with Crippen molar-refractivity contribution >= 4 is 11.8 Å². The fourth-order valence-electron chi connectivity index (χ4n) is 2.40. The monoisotopic (exact) mass is 269 g/mol. The Balaban J connectivity index is 2.30. The van der Waals surface area contributed by atoms with Crippen molar-refractivity contribution < 1.29 is 9.59 Å². The van der Waals surface area contributed by atoms with E-state index in [2.05, 4.69) is 19.2 Å². The first kappa shape index (κ1) is 16.0. The van der Waals surface area contributed by atoms with E-state index in [1.807, 2.05) is 0 Å². The lowest BCUT2D eigenvalue weighted by Gasteiger charge is -2.30. The number of nitrogens with zero attached hydrogens (tertiary/aromatic N) is 1. The van der Waals surface area contributed by atoms with Gasteiger partial charge in [-0.05, 0) is 31.2 Å². The zero-order chi connectivity index (χ0) is 14.5. The molecule has 5 heteroatoms. The molecule has 0 spiro atoms. The quantitative estimate of drug-likeness (QED) is 0.751. The van der Waals surface area contributed by atoms with Crippen LogP contribution in [-0.2, 0) is 9.59 Å². The Morgan fingerprint density at radius 2 is 2.16 bits per heavy atom. The fraction of sp³-hybridized carbons (Fsp3) is 0.857. The first-order chi connectivity index (χ1) is 8.84. The molecule has 1 atom stereocenters. The van der Waals surface area contributed by atoms with Gasteiger partial charge in [0.25, 0.3) is 0 Å². The lowest BCUT2D eigenvalue weighted by molar-refractivity contribution is -0.134. The molecule has 1 unspecified atom stereocenters. The fourth-order valence-corrected chi connectivity index (χ4v) is 2.40. The van der Waals surface area contributed by atoms with Gasteiger partial charge < -0.3 is 16.0 Å². The van der Waals surface area contributed by atoms with E-state index >= 15 is 0 Å². The lowest BCUT2D eigenvalue weighted by atomic mass is 9.84. The molecule has 19 heavy (non-hydrogen) atoms. The number of likely N-dealkylation sites (tertiary alicyclic amines) is 1. The summed E-state index contributed by atoms with van der Waals surface area (Å²) in [6.45, 7) is 5.56. The molecule has 0 aromatic carbocycles. The molecule has 0 bridgehead atoms. The minimum atomic E-state index is 0.0813. The third kappa shape index (κ3) is 5.59. The highest BCUT2D eigenvalue weighted by Crippen LogP contribution is 2.25. The van der Waals surface area contributed by atoms with Gasteiger partial charge in [0.05, 0.1) is 0 Å². The van der Waals surface area contributed by atoms with Crippen LogP contribution in [0.2, 0.25) is 0 Å². The average Bonchev–Trinajstić information content (AvgIpc) is 2.32. The van der Waals surface area contributed by atoms with Gasteiger partial charge in [0.2, 0.25) is 11.8 Å². The second-order valence-corrected chi connectivity index (χ2v) is 6.28. The van der Waals surface area contributed by atoms with Crippen molar-refractivity contribution in [2.24, 2.45) is 11.1 Å². The Bertz CT molecular complexity index is 329. The second kappa shape index (κ2) is 6.89. The third-order valence-electron chi connectivity index (χ3n) is 3.84. The minimum Gasteiger partial charge on any atom is -0.352 e. The van der Waals surface area contributed by atoms with Gasteiger partial charge in [0.1, 0.15) is 0 Å². The number of amides is 2. The van der Waals surface area contributed by atoms with Gasteiger partial charge in [-0.25, -0.2) is 0 Å². The van der Waals surface area contributed by atoms with Gasteiger partial charge in [-0.1, -0.05) is 13.8 Å². The van der Waals surface area contributed by atoms with E-state index < -0.39 is 0 Å². The van der Waals surface area contributed by atoms with E-state index in [1.165, 1.54) is 0 Å². The zero-order valence-corrected chi connectivity index (χ0v) is 12.4. The van der Waals surface area contributed by atoms with Crippen LogP contribution in [0, 0.1) is 5.41 Å².